The molecule has 0 radical (unpaired) electrons. The quantitative estimate of drug-likeness (QED) is 0.793. The highest BCUT2D eigenvalue weighted by molar-refractivity contribution is 5.18. The molecule has 2 rings (SSSR count). The standard InChI is InChI=1S/C13H19NO/c1-10(11-6-3-2-4-7-11)14-12-8-5-9-13(12)15/h2-4,6-7,10,12-15H,5,8-9H2,1H3/t10-,12+,13-/m1/s1. The Labute approximate surface area is 91.3 Å². The Bertz CT molecular complexity index is 299. The highest BCUT2D eigenvalue weighted by Crippen LogP contribution is 2.22. The summed E-state index contributed by atoms with van der Waals surface area (Å²) >= 11 is 0. The lowest BCUT2D eigenvalue weighted by Crippen LogP contribution is -2.37. The van der Waals surface area contributed by atoms with E-state index in [4.69, 9.17) is 0 Å². The van der Waals surface area contributed by atoms with Crippen molar-refractivity contribution in [3.8, 4) is 0 Å². The van der Waals surface area contributed by atoms with Crippen molar-refractivity contribution < 1.29 is 5.11 Å². The van der Waals surface area contributed by atoms with Gasteiger partial charge in [-0.3, -0.25) is 0 Å². The molecule has 1 aromatic carbocycles. The Morgan fingerprint density at radius 2 is 2.00 bits per heavy atom. The van der Waals surface area contributed by atoms with E-state index in [9.17, 15) is 5.11 Å². The SMILES string of the molecule is C[C@@H](N[C@H]1CCC[C@H]1O)c1ccccc1. The van der Waals surface area contributed by atoms with Gasteiger partial charge in [0.2, 0.25) is 0 Å². The molecule has 2 nitrogen and oxygen atoms in total. The van der Waals surface area contributed by atoms with Gasteiger partial charge in [0.05, 0.1) is 6.10 Å². The van der Waals surface area contributed by atoms with Gasteiger partial charge in [0.25, 0.3) is 0 Å². The number of aliphatic hydroxyl groups excluding tert-OH is 1. The summed E-state index contributed by atoms with van der Waals surface area (Å²) in [6, 6.07) is 11.0. The second kappa shape index (κ2) is 4.77. The molecule has 0 amide bonds. The molecule has 1 aliphatic rings. The summed E-state index contributed by atoms with van der Waals surface area (Å²) in [5.41, 5.74) is 1.29. The van der Waals surface area contributed by atoms with E-state index < -0.39 is 0 Å². The summed E-state index contributed by atoms with van der Waals surface area (Å²) in [4.78, 5) is 0. The molecule has 1 saturated carbocycles. The molecule has 0 saturated heterocycles. The molecule has 3 atom stereocenters. The molecule has 82 valence electrons. The van der Waals surface area contributed by atoms with Crippen LogP contribution in [0.5, 0.6) is 0 Å². The van der Waals surface area contributed by atoms with Gasteiger partial charge >= 0.3 is 0 Å². The van der Waals surface area contributed by atoms with E-state index in [0.717, 1.165) is 19.3 Å². The smallest absolute Gasteiger partial charge is 0.0693 e. The zero-order chi connectivity index (χ0) is 10.7. The van der Waals surface area contributed by atoms with Gasteiger partial charge in [-0.05, 0) is 31.7 Å². The molecule has 0 aliphatic heterocycles. The van der Waals surface area contributed by atoms with Crippen molar-refractivity contribution in [1.82, 2.24) is 5.32 Å². The summed E-state index contributed by atoms with van der Waals surface area (Å²) in [5, 5.41) is 13.2. The van der Waals surface area contributed by atoms with Crippen LogP contribution in [-0.4, -0.2) is 17.3 Å². The second-order valence-electron chi connectivity index (χ2n) is 4.40. The molecular formula is C13H19NO. The van der Waals surface area contributed by atoms with Crippen molar-refractivity contribution in [1.29, 1.82) is 0 Å². The minimum Gasteiger partial charge on any atom is -0.392 e. The van der Waals surface area contributed by atoms with E-state index >= 15 is 0 Å². The first-order valence-corrected chi connectivity index (χ1v) is 5.76. The molecule has 0 aromatic heterocycles. The summed E-state index contributed by atoms with van der Waals surface area (Å²) in [7, 11) is 0. The van der Waals surface area contributed by atoms with Crippen molar-refractivity contribution in [3.05, 3.63) is 35.9 Å². The predicted molar refractivity (Wildman–Crippen MR) is 61.6 cm³/mol. The lowest BCUT2D eigenvalue weighted by molar-refractivity contribution is 0.144. The number of benzene rings is 1. The lowest BCUT2D eigenvalue weighted by Gasteiger charge is -2.22. The normalized spacial score (nSPS) is 27.9. The van der Waals surface area contributed by atoms with Gasteiger partial charge in [-0.1, -0.05) is 30.3 Å². The number of hydrogen-bond donors (Lipinski definition) is 2. The summed E-state index contributed by atoms with van der Waals surface area (Å²) < 4.78 is 0. The maximum absolute atomic E-state index is 9.72. The zero-order valence-corrected chi connectivity index (χ0v) is 9.19. The predicted octanol–water partition coefficient (Wildman–Crippen LogP) is 2.25. The van der Waals surface area contributed by atoms with Crippen molar-refractivity contribution in [3.63, 3.8) is 0 Å². The van der Waals surface area contributed by atoms with Gasteiger partial charge in [-0.2, -0.15) is 0 Å². The number of nitrogens with one attached hydrogen (secondary N) is 1. The maximum atomic E-state index is 9.72. The third-order valence-corrected chi connectivity index (χ3v) is 3.24. The Kier molecular flexibility index (Phi) is 3.39. The topological polar surface area (TPSA) is 32.3 Å². The van der Waals surface area contributed by atoms with Crippen molar-refractivity contribution >= 4 is 0 Å². The van der Waals surface area contributed by atoms with E-state index in [-0.39, 0.29) is 12.1 Å². The Balaban J connectivity index is 1.95. The summed E-state index contributed by atoms with van der Waals surface area (Å²) in [6.45, 7) is 2.15. The van der Waals surface area contributed by atoms with E-state index in [1.54, 1.807) is 0 Å². The average Bonchev–Trinajstić information content (AvgIpc) is 2.66. The molecule has 1 fully saturated rings. The highest BCUT2D eigenvalue weighted by Gasteiger charge is 2.26. The molecule has 1 aliphatic carbocycles. The van der Waals surface area contributed by atoms with E-state index in [1.807, 2.05) is 6.07 Å². The molecule has 0 unspecified atom stereocenters. The molecule has 0 bridgehead atoms. The van der Waals surface area contributed by atoms with Crippen LogP contribution in [0.15, 0.2) is 30.3 Å². The molecule has 2 N–H and O–H groups in total. The Morgan fingerprint density at radius 1 is 1.27 bits per heavy atom. The van der Waals surface area contributed by atoms with Gasteiger partial charge < -0.3 is 10.4 Å². The summed E-state index contributed by atoms with van der Waals surface area (Å²) in [5.74, 6) is 0. The zero-order valence-electron chi connectivity index (χ0n) is 9.19. The van der Waals surface area contributed by atoms with Crippen molar-refractivity contribution in [2.24, 2.45) is 0 Å². The fraction of sp³-hybridized carbons (Fsp3) is 0.538. The average molecular weight is 205 g/mol. The third kappa shape index (κ3) is 2.58. The number of rotatable bonds is 3. The number of aliphatic hydroxyl groups is 1. The second-order valence-corrected chi connectivity index (χ2v) is 4.40. The Hall–Kier alpha value is -0.860. The fourth-order valence-electron chi connectivity index (χ4n) is 2.29. The molecule has 0 spiro atoms. The first-order chi connectivity index (χ1) is 7.27. The van der Waals surface area contributed by atoms with Gasteiger partial charge in [-0.25, -0.2) is 0 Å². The van der Waals surface area contributed by atoms with Crippen LogP contribution >= 0.6 is 0 Å². The molecule has 2 heteroatoms. The van der Waals surface area contributed by atoms with Crippen LogP contribution in [0.1, 0.15) is 37.8 Å². The molecule has 15 heavy (non-hydrogen) atoms. The van der Waals surface area contributed by atoms with Gasteiger partial charge in [0.1, 0.15) is 0 Å². The van der Waals surface area contributed by atoms with Crippen LogP contribution in [-0.2, 0) is 0 Å². The molecular weight excluding hydrogens is 186 g/mol. The van der Waals surface area contributed by atoms with Crippen molar-refractivity contribution in [2.45, 2.75) is 44.4 Å². The van der Waals surface area contributed by atoms with Gasteiger partial charge in [0.15, 0.2) is 0 Å². The largest absolute Gasteiger partial charge is 0.392 e. The van der Waals surface area contributed by atoms with Crippen LogP contribution in [0.25, 0.3) is 0 Å². The van der Waals surface area contributed by atoms with E-state index in [2.05, 4.69) is 36.5 Å². The van der Waals surface area contributed by atoms with Crippen LogP contribution < -0.4 is 5.32 Å². The third-order valence-electron chi connectivity index (χ3n) is 3.24. The molecule has 0 heterocycles. The lowest BCUT2D eigenvalue weighted by atomic mass is 10.1. The Morgan fingerprint density at radius 3 is 2.60 bits per heavy atom. The van der Waals surface area contributed by atoms with E-state index in [1.165, 1.54) is 5.56 Å². The minimum atomic E-state index is -0.156. The van der Waals surface area contributed by atoms with Crippen molar-refractivity contribution in [2.75, 3.05) is 0 Å². The number of hydrogen-bond acceptors (Lipinski definition) is 2. The van der Waals surface area contributed by atoms with Gasteiger partial charge in [0, 0.05) is 12.1 Å². The highest BCUT2D eigenvalue weighted by atomic mass is 16.3. The monoisotopic (exact) mass is 205 g/mol. The first-order valence-electron chi connectivity index (χ1n) is 5.76. The first kappa shape index (κ1) is 10.7. The molecule has 1 aromatic rings. The van der Waals surface area contributed by atoms with Crippen LogP contribution in [0.4, 0.5) is 0 Å². The fourth-order valence-corrected chi connectivity index (χ4v) is 2.29. The minimum absolute atomic E-state index is 0.156. The van der Waals surface area contributed by atoms with Crippen LogP contribution in [0.3, 0.4) is 0 Å². The van der Waals surface area contributed by atoms with Gasteiger partial charge in [-0.15, -0.1) is 0 Å². The van der Waals surface area contributed by atoms with E-state index in [0.29, 0.717) is 6.04 Å². The maximum Gasteiger partial charge on any atom is 0.0693 e. The summed E-state index contributed by atoms with van der Waals surface area (Å²) in [6.07, 6.45) is 3.02. The van der Waals surface area contributed by atoms with Crippen LogP contribution in [0, 0.1) is 0 Å². The van der Waals surface area contributed by atoms with Crippen LogP contribution in [0.2, 0.25) is 0 Å².